The number of carbonyl (C=O) groups excluding carboxylic acids is 2. The lowest BCUT2D eigenvalue weighted by atomic mass is 9.72. The number of Topliss-reactive ketones (excluding diaryl/α,β-unsaturated/α-hetero) is 1. The van der Waals surface area contributed by atoms with Gasteiger partial charge in [0.1, 0.15) is 0 Å². The molecule has 1 aliphatic rings. The molecule has 1 fully saturated rings. The molecule has 202 valence electrons. The van der Waals surface area contributed by atoms with Gasteiger partial charge < -0.3 is 25.2 Å². The Labute approximate surface area is 224 Å². The van der Waals surface area contributed by atoms with E-state index in [9.17, 15) is 9.59 Å². The van der Waals surface area contributed by atoms with Crippen LogP contribution in [0.4, 0.5) is 17.5 Å². The van der Waals surface area contributed by atoms with Crippen molar-refractivity contribution in [1.82, 2.24) is 24.8 Å². The quantitative estimate of drug-likeness (QED) is 0.342. The number of hydrogen-bond acceptors (Lipinski definition) is 9. The molecule has 0 unspecified atom stereocenters. The van der Waals surface area contributed by atoms with Gasteiger partial charge in [-0.05, 0) is 45.8 Å². The van der Waals surface area contributed by atoms with Gasteiger partial charge in [0.05, 0.1) is 36.8 Å². The summed E-state index contributed by atoms with van der Waals surface area (Å²) in [6.45, 7) is 2.46. The molecule has 2 N–H and O–H groups in total. The van der Waals surface area contributed by atoms with Crippen LogP contribution in [-0.2, 0) is 9.59 Å². The van der Waals surface area contributed by atoms with Gasteiger partial charge in [-0.2, -0.15) is 4.98 Å². The van der Waals surface area contributed by atoms with Crippen LogP contribution in [0.3, 0.4) is 0 Å². The van der Waals surface area contributed by atoms with Crippen LogP contribution in [0.2, 0.25) is 0 Å². The summed E-state index contributed by atoms with van der Waals surface area (Å²) in [5.41, 5.74) is 1.43. The fourth-order valence-electron chi connectivity index (χ4n) is 3.94. The smallest absolute Gasteiger partial charge is 0.246 e. The zero-order valence-electron chi connectivity index (χ0n) is 23.0. The van der Waals surface area contributed by atoms with Crippen molar-refractivity contribution < 1.29 is 14.3 Å². The molecule has 10 nitrogen and oxygen atoms in total. The molecule has 0 aliphatic heterocycles. The minimum absolute atomic E-state index is 0.0777. The van der Waals surface area contributed by atoms with Gasteiger partial charge in [0.15, 0.2) is 11.6 Å². The Morgan fingerprint density at radius 1 is 1.21 bits per heavy atom. The Morgan fingerprint density at radius 3 is 2.61 bits per heavy atom. The van der Waals surface area contributed by atoms with Crippen molar-refractivity contribution in [3.63, 3.8) is 0 Å². The molecule has 0 radical (unpaired) electrons. The molecule has 0 spiro atoms. The molecule has 38 heavy (non-hydrogen) atoms. The summed E-state index contributed by atoms with van der Waals surface area (Å²) in [4.78, 5) is 41.6. The van der Waals surface area contributed by atoms with Crippen LogP contribution < -0.4 is 15.4 Å². The maximum absolute atomic E-state index is 12.8. The number of anilines is 3. The first-order valence-corrected chi connectivity index (χ1v) is 12.6. The van der Waals surface area contributed by atoms with Crippen molar-refractivity contribution in [3.05, 3.63) is 42.2 Å². The minimum atomic E-state index is -0.458. The first-order valence-electron chi connectivity index (χ1n) is 12.6. The number of hydrogen-bond donors (Lipinski definition) is 2. The number of nitrogens with zero attached hydrogens (tertiary/aromatic N) is 5. The summed E-state index contributed by atoms with van der Waals surface area (Å²) >= 11 is 0. The Hall–Kier alpha value is -3.97. The van der Waals surface area contributed by atoms with Crippen LogP contribution in [0.5, 0.6) is 5.88 Å². The summed E-state index contributed by atoms with van der Waals surface area (Å²) in [7, 11) is 8.87. The van der Waals surface area contributed by atoms with E-state index in [0.717, 1.165) is 18.5 Å². The predicted molar refractivity (Wildman–Crippen MR) is 148 cm³/mol. The molecule has 1 aliphatic carbocycles. The second kappa shape index (κ2) is 13.5. The summed E-state index contributed by atoms with van der Waals surface area (Å²) < 4.78 is 5.11. The number of amides is 1. The first kappa shape index (κ1) is 28.6. The molecule has 1 atom stereocenters. The Morgan fingerprint density at radius 2 is 1.97 bits per heavy atom. The Balaban J connectivity index is 1.55. The lowest BCUT2D eigenvalue weighted by Gasteiger charge is -2.33. The first-order chi connectivity index (χ1) is 18.2. The average molecular weight is 520 g/mol. The lowest BCUT2D eigenvalue weighted by molar-refractivity contribution is -0.134. The van der Waals surface area contributed by atoms with Gasteiger partial charge in [-0.25, -0.2) is 9.97 Å². The van der Waals surface area contributed by atoms with Crippen LogP contribution in [0, 0.1) is 23.7 Å². The number of ketones is 1. The van der Waals surface area contributed by atoms with Crippen molar-refractivity contribution in [2.45, 2.75) is 32.2 Å². The summed E-state index contributed by atoms with van der Waals surface area (Å²) in [6.07, 6.45) is 8.84. The molecule has 1 amide bonds. The molecule has 2 aromatic rings. The number of aromatic nitrogens is 3. The van der Waals surface area contributed by atoms with Gasteiger partial charge in [-0.3, -0.25) is 9.59 Å². The number of ether oxygens (including phenoxy) is 1. The van der Waals surface area contributed by atoms with Crippen molar-refractivity contribution in [2.75, 3.05) is 52.5 Å². The van der Waals surface area contributed by atoms with Gasteiger partial charge in [-0.1, -0.05) is 17.9 Å². The van der Waals surface area contributed by atoms with Crippen LogP contribution in [0.25, 0.3) is 0 Å². The number of nitrogens with one attached hydrogen (secondary N) is 2. The fraction of sp³-hybridized carbons (Fsp3) is 0.464. The van der Waals surface area contributed by atoms with Crippen molar-refractivity contribution in [1.29, 1.82) is 0 Å². The van der Waals surface area contributed by atoms with Crippen molar-refractivity contribution >= 4 is 29.1 Å². The highest BCUT2D eigenvalue weighted by Gasteiger charge is 2.32. The topological polar surface area (TPSA) is 113 Å². The van der Waals surface area contributed by atoms with Gasteiger partial charge in [0.2, 0.25) is 17.7 Å². The summed E-state index contributed by atoms with van der Waals surface area (Å²) in [6, 6.07) is 3.16. The standard InChI is InChI=1S/C28H37N7O3/c1-19(35(5)26(37)8-7-13-34(3)4)24(36)16-21-14-20(15-21)9-10-22-17-31-28(29-2)33-27(22)32-23-11-12-25(38-6)30-18-23/h7-8,11-12,17-21H,13-16H2,1-6H3,(H2,29,31,32,33)/b8-7+/t19-,20?,21?/m0/s1. The Bertz CT molecular complexity index is 1200. The number of likely N-dealkylation sites (N-methyl/N-ethyl adjacent to an activating group) is 2. The third-order valence-electron chi connectivity index (χ3n) is 6.48. The van der Waals surface area contributed by atoms with Gasteiger partial charge >= 0.3 is 0 Å². The van der Waals surface area contributed by atoms with E-state index in [2.05, 4.69) is 37.4 Å². The van der Waals surface area contributed by atoms with E-state index >= 15 is 0 Å². The van der Waals surface area contributed by atoms with Crippen LogP contribution in [0.1, 0.15) is 31.7 Å². The second-order valence-electron chi connectivity index (χ2n) is 9.68. The highest BCUT2D eigenvalue weighted by atomic mass is 16.5. The third-order valence-corrected chi connectivity index (χ3v) is 6.48. The van der Waals surface area contributed by atoms with E-state index in [1.54, 1.807) is 52.7 Å². The fourth-order valence-corrected chi connectivity index (χ4v) is 3.94. The largest absolute Gasteiger partial charge is 0.481 e. The monoisotopic (exact) mass is 519 g/mol. The maximum Gasteiger partial charge on any atom is 0.246 e. The normalized spacial score (nSPS) is 17.2. The number of carbonyl (C=O) groups is 2. The SMILES string of the molecule is CNc1ncc(C#CC2CC(CC(=O)[C@H](C)N(C)C(=O)/C=C/CN(C)C)C2)c(Nc2ccc(OC)nc2)n1. The molecule has 2 aromatic heterocycles. The van der Waals surface area contributed by atoms with Crippen molar-refractivity contribution in [3.8, 4) is 17.7 Å². The molecular weight excluding hydrogens is 482 g/mol. The van der Waals surface area contributed by atoms with E-state index in [1.165, 1.54) is 11.0 Å². The van der Waals surface area contributed by atoms with E-state index in [4.69, 9.17) is 4.74 Å². The van der Waals surface area contributed by atoms with E-state index < -0.39 is 6.04 Å². The summed E-state index contributed by atoms with van der Waals surface area (Å²) in [5.74, 6) is 8.50. The van der Waals surface area contributed by atoms with E-state index in [-0.39, 0.29) is 23.5 Å². The van der Waals surface area contributed by atoms with Crippen LogP contribution in [-0.4, -0.2) is 84.3 Å². The molecule has 1 saturated carbocycles. The number of methoxy groups -OCH3 is 1. The number of pyridine rings is 1. The predicted octanol–water partition coefficient (Wildman–Crippen LogP) is 2.97. The third kappa shape index (κ3) is 8.02. The molecule has 0 bridgehead atoms. The maximum atomic E-state index is 12.8. The zero-order valence-corrected chi connectivity index (χ0v) is 23.0. The van der Waals surface area contributed by atoms with Gasteiger partial charge in [-0.15, -0.1) is 0 Å². The minimum Gasteiger partial charge on any atom is -0.481 e. The highest BCUT2D eigenvalue weighted by Crippen LogP contribution is 2.36. The molecule has 10 heteroatoms. The zero-order chi connectivity index (χ0) is 27.7. The second-order valence-corrected chi connectivity index (χ2v) is 9.68. The van der Waals surface area contributed by atoms with Crippen LogP contribution >= 0.6 is 0 Å². The van der Waals surface area contributed by atoms with E-state index in [1.807, 2.05) is 25.1 Å². The molecular formula is C28H37N7O3. The van der Waals surface area contributed by atoms with Gasteiger partial charge in [0.25, 0.3) is 0 Å². The van der Waals surface area contributed by atoms with Crippen molar-refractivity contribution in [2.24, 2.45) is 11.8 Å². The lowest BCUT2D eigenvalue weighted by Crippen LogP contribution is -2.41. The highest BCUT2D eigenvalue weighted by molar-refractivity contribution is 5.93. The van der Waals surface area contributed by atoms with E-state index in [0.29, 0.717) is 36.2 Å². The van der Waals surface area contributed by atoms with Gasteiger partial charge in [0, 0.05) is 45.1 Å². The van der Waals surface area contributed by atoms with Crippen LogP contribution in [0.15, 0.2) is 36.7 Å². The molecule has 2 heterocycles. The number of rotatable bonds is 11. The molecule has 3 rings (SSSR count). The Kier molecular flexibility index (Phi) is 10.2. The summed E-state index contributed by atoms with van der Waals surface area (Å²) in [5, 5.41) is 6.19. The molecule has 0 saturated heterocycles. The average Bonchev–Trinajstić information content (AvgIpc) is 2.89. The molecule has 0 aromatic carbocycles.